The Morgan fingerprint density at radius 2 is 1.22 bits per heavy atom. The van der Waals surface area contributed by atoms with Crippen LogP contribution < -0.4 is 0 Å². The minimum Gasteiger partial charge on any atom is -0.455 e. The van der Waals surface area contributed by atoms with Crippen molar-refractivity contribution in [1.29, 1.82) is 0 Å². The fraction of sp³-hybridized carbons (Fsp3) is 0.0417. The van der Waals surface area contributed by atoms with Gasteiger partial charge in [0.15, 0.2) is 5.82 Å². The maximum atomic E-state index is 6.73. The molecule has 10 rings (SSSR count). The summed E-state index contributed by atoms with van der Waals surface area (Å²) in [6, 6.07) is 53.7. The number of fused-ring (bicyclic) bond motifs is 6. The predicted octanol–water partition coefficient (Wildman–Crippen LogP) is 13.1. The molecule has 0 spiro atoms. The zero-order valence-electron chi connectivity index (χ0n) is 27.9. The van der Waals surface area contributed by atoms with Gasteiger partial charge in [0.1, 0.15) is 11.2 Å². The Labute approximate surface area is 295 Å². The van der Waals surface area contributed by atoms with E-state index in [1.54, 1.807) is 0 Å². The van der Waals surface area contributed by atoms with Gasteiger partial charge in [0.2, 0.25) is 0 Å². The van der Waals surface area contributed by atoms with Crippen molar-refractivity contribution in [3.63, 3.8) is 0 Å². The smallest absolute Gasteiger partial charge is 0.160 e. The SMILES string of the molecule is C1=CC(c2cc(-c3cccc4oc5c6ccccc6c(-c6ccc(-c7ccc8ccccc8c7)cc6)cc5c34)nc(-c3ccccc3)n2)=CCC1. The number of hydrogen-bond acceptors (Lipinski definition) is 3. The zero-order valence-corrected chi connectivity index (χ0v) is 27.9. The van der Waals surface area contributed by atoms with E-state index in [1.807, 2.05) is 18.2 Å². The normalized spacial score (nSPS) is 13.0. The van der Waals surface area contributed by atoms with Crippen LogP contribution in [-0.2, 0) is 0 Å². The van der Waals surface area contributed by atoms with E-state index in [0.717, 1.165) is 79.2 Å². The minimum absolute atomic E-state index is 0.713. The first-order chi connectivity index (χ1) is 25.3. The van der Waals surface area contributed by atoms with Crippen molar-refractivity contribution in [1.82, 2.24) is 9.97 Å². The van der Waals surface area contributed by atoms with Crippen LogP contribution in [0.15, 0.2) is 174 Å². The van der Waals surface area contributed by atoms with Gasteiger partial charge in [-0.05, 0) is 81.1 Å². The lowest BCUT2D eigenvalue weighted by Crippen LogP contribution is -1.99. The van der Waals surface area contributed by atoms with Crippen molar-refractivity contribution in [2.75, 3.05) is 0 Å². The molecular formula is C48H32N2O. The van der Waals surface area contributed by atoms with Crippen LogP contribution in [0.4, 0.5) is 0 Å². The highest BCUT2D eigenvalue weighted by Gasteiger charge is 2.20. The van der Waals surface area contributed by atoms with Gasteiger partial charge in [0, 0.05) is 27.3 Å². The van der Waals surface area contributed by atoms with E-state index in [4.69, 9.17) is 14.4 Å². The Morgan fingerprint density at radius 3 is 2.06 bits per heavy atom. The number of nitrogens with zero attached hydrogens (tertiary/aromatic N) is 2. The number of rotatable bonds is 5. The third-order valence-corrected chi connectivity index (χ3v) is 10.1. The van der Waals surface area contributed by atoms with Crippen molar-refractivity contribution >= 4 is 49.1 Å². The molecule has 7 aromatic carbocycles. The lowest BCUT2D eigenvalue weighted by molar-refractivity contribution is 0.673. The van der Waals surface area contributed by atoms with Crippen molar-refractivity contribution in [2.24, 2.45) is 0 Å². The van der Waals surface area contributed by atoms with Crippen LogP contribution in [0.1, 0.15) is 18.5 Å². The van der Waals surface area contributed by atoms with Gasteiger partial charge in [-0.25, -0.2) is 9.97 Å². The Hall–Kier alpha value is -6.58. The molecule has 0 fully saturated rings. The Morgan fingerprint density at radius 1 is 0.471 bits per heavy atom. The molecule has 240 valence electrons. The third kappa shape index (κ3) is 5.14. The van der Waals surface area contributed by atoms with Crippen LogP contribution in [0.2, 0.25) is 0 Å². The number of aromatic nitrogens is 2. The quantitative estimate of drug-likeness (QED) is 0.186. The van der Waals surface area contributed by atoms with Gasteiger partial charge in [-0.3, -0.25) is 0 Å². The van der Waals surface area contributed by atoms with E-state index in [1.165, 1.54) is 27.5 Å². The summed E-state index contributed by atoms with van der Waals surface area (Å²) in [5.74, 6) is 0.713. The molecule has 0 saturated carbocycles. The zero-order chi connectivity index (χ0) is 33.7. The molecule has 0 saturated heterocycles. The molecule has 51 heavy (non-hydrogen) atoms. The fourth-order valence-corrected chi connectivity index (χ4v) is 7.56. The second-order valence-electron chi connectivity index (χ2n) is 13.2. The summed E-state index contributed by atoms with van der Waals surface area (Å²) in [7, 11) is 0. The largest absolute Gasteiger partial charge is 0.455 e. The van der Waals surface area contributed by atoms with Crippen molar-refractivity contribution in [2.45, 2.75) is 12.8 Å². The predicted molar refractivity (Wildman–Crippen MR) is 212 cm³/mol. The van der Waals surface area contributed by atoms with Gasteiger partial charge in [-0.2, -0.15) is 0 Å². The maximum Gasteiger partial charge on any atom is 0.160 e. The molecule has 2 heterocycles. The monoisotopic (exact) mass is 652 g/mol. The Balaban J connectivity index is 1.16. The van der Waals surface area contributed by atoms with Crippen molar-refractivity contribution < 1.29 is 4.42 Å². The second kappa shape index (κ2) is 12.1. The summed E-state index contributed by atoms with van der Waals surface area (Å²) in [4.78, 5) is 10.3. The van der Waals surface area contributed by atoms with Gasteiger partial charge >= 0.3 is 0 Å². The summed E-state index contributed by atoms with van der Waals surface area (Å²) in [5.41, 5.74) is 11.4. The first-order valence-electron chi connectivity index (χ1n) is 17.6. The van der Waals surface area contributed by atoms with Crippen LogP contribution in [0.3, 0.4) is 0 Å². The lowest BCUT2D eigenvalue weighted by Gasteiger charge is -2.12. The van der Waals surface area contributed by atoms with Crippen molar-refractivity contribution in [3.05, 3.63) is 176 Å². The average molecular weight is 653 g/mol. The first-order valence-corrected chi connectivity index (χ1v) is 17.6. The third-order valence-electron chi connectivity index (χ3n) is 10.1. The topological polar surface area (TPSA) is 38.9 Å². The lowest BCUT2D eigenvalue weighted by atomic mass is 9.92. The molecule has 0 amide bonds. The molecule has 1 aliphatic carbocycles. The summed E-state index contributed by atoms with van der Waals surface area (Å²) < 4.78 is 6.73. The highest BCUT2D eigenvalue weighted by Crippen LogP contribution is 2.43. The van der Waals surface area contributed by atoms with Crippen LogP contribution in [-0.4, -0.2) is 9.97 Å². The van der Waals surface area contributed by atoms with Crippen LogP contribution in [0.5, 0.6) is 0 Å². The molecule has 0 atom stereocenters. The van der Waals surface area contributed by atoms with E-state index in [0.29, 0.717) is 5.82 Å². The number of hydrogen-bond donors (Lipinski definition) is 0. The molecule has 0 aliphatic heterocycles. The molecule has 2 aromatic heterocycles. The molecule has 3 heteroatoms. The van der Waals surface area contributed by atoms with Gasteiger partial charge in [0.05, 0.1) is 11.4 Å². The fourth-order valence-electron chi connectivity index (χ4n) is 7.56. The molecule has 0 radical (unpaired) electrons. The van der Waals surface area contributed by atoms with Crippen LogP contribution in [0, 0.1) is 0 Å². The molecule has 0 bridgehead atoms. The van der Waals surface area contributed by atoms with Gasteiger partial charge in [-0.15, -0.1) is 0 Å². The van der Waals surface area contributed by atoms with E-state index in [2.05, 4.69) is 152 Å². The highest BCUT2D eigenvalue weighted by molar-refractivity contribution is 6.22. The summed E-state index contributed by atoms with van der Waals surface area (Å²) in [6.45, 7) is 0. The van der Waals surface area contributed by atoms with Gasteiger partial charge in [0.25, 0.3) is 0 Å². The molecule has 1 aliphatic rings. The van der Waals surface area contributed by atoms with Crippen LogP contribution in [0.25, 0.3) is 94.0 Å². The maximum absolute atomic E-state index is 6.73. The molecule has 3 nitrogen and oxygen atoms in total. The van der Waals surface area contributed by atoms with E-state index in [9.17, 15) is 0 Å². The van der Waals surface area contributed by atoms with E-state index in [-0.39, 0.29) is 0 Å². The van der Waals surface area contributed by atoms with Gasteiger partial charge < -0.3 is 4.42 Å². The minimum atomic E-state index is 0.713. The number of furan rings is 1. The second-order valence-corrected chi connectivity index (χ2v) is 13.2. The van der Waals surface area contributed by atoms with Gasteiger partial charge in [-0.1, -0.05) is 146 Å². The van der Waals surface area contributed by atoms with Crippen molar-refractivity contribution in [3.8, 4) is 44.9 Å². The molecule has 0 unspecified atom stereocenters. The van der Waals surface area contributed by atoms with E-state index >= 15 is 0 Å². The first kappa shape index (κ1) is 29.3. The molecule has 9 aromatic rings. The highest BCUT2D eigenvalue weighted by atomic mass is 16.3. The standard InChI is InChI=1S/C48H32N2O/c1-3-13-34(14-4-1)43-30-44(50-48(49-43)35-15-5-2-6-16-35)40-20-11-21-45-46(40)42-29-41(38-18-9-10-19-39(38)47(42)51-45)33-25-22-32(23-26-33)37-27-24-31-12-7-8-17-36(31)28-37/h2-3,5-30H,1,4H2. The number of allylic oxidation sites excluding steroid dienone is 4. The Bertz CT molecular complexity index is 2840. The Kier molecular flexibility index (Phi) is 6.95. The summed E-state index contributed by atoms with van der Waals surface area (Å²) >= 11 is 0. The molecular weight excluding hydrogens is 621 g/mol. The number of benzene rings is 7. The molecule has 0 N–H and O–H groups in total. The summed E-state index contributed by atoms with van der Waals surface area (Å²) in [5, 5.41) is 6.89. The van der Waals surface area contributed by atoms with E-state index < -0.39 is 0 Å². The van der Waals surface area contributed by atoms with Crippen LogP contribution >= 0.6 is 0 Å². The average Bonchev–Trinajstić information content (AvgIpc) is 3.60. The summed E-state index contributed by atoms with van der Waals surface area (Å²) in [6.07, 6.45) is 8.74.